The van der Waals surface area contributed by atoms with E-state index in [4.69, 9.17) is 0 Å². The number of rotatable bonds is 10. The summed E-state index contributed by atoms with van der Waals surface area (Å²) in [6.07, 6.45) is 0. The van der Waals surface area contributed by atoms with E-state index >= 15 is 0 Å². The van der Waals surface area contributed by atoms with Crippen LogP contribution in [0.4, 0.5) is 22.7 Å². The Hall–Kier alpha value is -5.08. The summed E-state index contributed by atoms with van der Waals surface area (Å²) < 4.78 is 0. The smallest absolute Gasteiger partial charge is 0.0481 e. The summed E-state index contributed by atoms with van der Waals surface area (Å²) in [5.74, 6) is 0. The molecule has 6 aromatic rings. The average Bonchev–Trinajstić information content (AvgIpc) is 3.08. The molecule has 6 aromatic carbocycles. The fourth-order valence-corrected chi connectivity index (χ4v) is 5.69. The van der Waals surface area contributed by atoms with Gasteiger partial charge in [0.2, 0.25) is 0 Å². The van der Waals surface area contributed by atoms with Crippen LogP contribution in [-0.2, 0) is 18.5 Å². The van der Waals surface area contributed by atoms with Gasteiger partial charge in [-0.05, 0) is 70.8 Å². The maximum atomic E-state index is 2.38. The van der Waals surface area contributed by atoms with Crippen LogP contribution in [0.3, 0.4) is 0 Å². The highest BCUT2D eigenvalue weighted by atomic mass is 15.1. The van der Waals surface area contributed by atoms with E-state index in [1.54, 1.807) is 0 Å². The van der Waals surface area contributed by atoms with Crippen molar-refractivity contribution in [3.05, 3.63) is 192 Å². The first-order valence-corrected chi connectivity index (χ1v) is 15.0. The van der Waals surface area contributed by atoms with Gasteiger partial charge in [-0.15, -0.1) is 0 Å². The molecule has 0 saturated heterocycles. The lowest BCUT2D eigenvalue weighted by Crippen LogP contribution is -2.21. The van der Waals surface area contributed by atoms with Crippen molar-refractivity contribution in [3.63, 3.8) is 0 Å². The van der Waals surface area contributed by atoms with Crippen LogP contribution in [-0.4, -0.2) is 0 Å². The monoisotopic (exact) mass is 558 g/mol. The van der Waals surface area contributed by atoms with Crippen molar-refractivity contribution in [2.24, 2.45) is 0 Å². The van der Waals surface area contributed by atoms with Crippen LogP contribution >= 0.6 is 0 Å². The Morgan fingerprint density at radius 1 is 0.349 bits per heavy atom. The SMILES string of the molecule is CC(C)(c1ccc(N(Cc2ccccc2)c2ccccc2)cc1)c1ccc(N(Cc2ccccc2)c2ccccc2)cc1. The fraction of sp³-hybridized carbons (Fsp3) is 0.122. The normalized spacial score (nSPS) is 11.2. The Bertz CT molecular complexity index is 1560. The second-order valence-corrected chi connectivity index (χ2v) is 11.5. The van der Waals surface area contributed by atoms with Gasteiger partial charge < -0.3 is 9.80 Å². The number of anilines is 4. The largest absolute Gasteiger partial charge is 0.337 e. The Kier molecular flexibility index (Phi) is 8.38. The second-order valence-electron chi connectivity index (χ2n) is 11.5. The zero-order chi connectivity index (χ0) is 29.5. The van der Waals surface area contributed by atoms with E-state index in [-0.39, 0.29) is 5.41 Å². The molecule has 0 fully saturated rings. The van der Waals surface area contributed by atoms with E-state index in [9.17, 15) is 0 Å². The first-order chi connectivity index (χ1) is 21.1. The number of benzene rings is 6. The zero-order valence-corrected chi connectivity index (χ0v) is 25.0. The Labute approximate surface area is 256 Å². The molecule has 0 spiro atoms. The summed E-state index contributed by atoms with van der Waals surface area (Å²) in [6, 6.07) is 60.8. The third-order valence-electron chi connectivity index (χ3n) is 8.30. The molecule has 6 rings (SSSR count). The van der Waals surface area contributed by atoms with Crippen molar-refractivity contribution in [1.29, 1.82) is 0 Å². The molecule has 0 aliphatic carbocycles. The number of hydrogen-bond acceptors (Lipinski definition) is 2. The van der Waals surface area contributed by atoms with Gasteiger partial charge in [-0.3, -0.25) is 0 Å². The van der Waals surface area contributed by atoms with Gasteiger partial charge in [0.1, 0.15) is 0 Å². The zero-order valence-electron chi connectivity index (χ0n) is 25.0. The van der Waals surface area contributed by atoms with E-state index < -0.39 is 0 Å². The molecule has 0 radical (unpaired) electrons. The summed E-state index contributed by atoms with van der Waals surface area (Å²) in [5.41, 5.74) is 9.75. The minimum atomic E-state index is -0.148. The molecule has 0 unspecified atom stereocenters. The van der Waals surface area contributed by atoms with Crippen LogP contribution in [0.1, 0.15) is 36.1 Å². The second kappa shape index (κ2) is 12.8. The molecule has 43 heavy (non-hydrogen) atoms. The molecule has 0 amide bonds. The maximum absolute atomic E-state index is 2.38. The van der Waals surface area contributed by atoms with Crippen molar-refractivity contribution in [3.8, 4) is 0 Å². The molecule has 0 aliphatic heterocycles. The van der Waals surface area contributed by atoms with Crippen LogP contribution in [0.2, 0.25) is 0 Å². The Balaban J connectivity index is 1.26. The number of para-hydroxylation sites is 2. The van der Waals surface area contributed by atoms with Gasteiger partial charge in [0.05, 0.1) is 0 Å². The molecule has 212 valence electrons. The van der Waals surface area contributed by atoms with Crippen LogP contribution in [0.15, 0.2) is 170 Å². The summed E-state index contributed by atoms with van der Waals surface area (Å²) in [4.78, 5) is 4.76. The minimum absolute atomic E-state index is 0.148. The van der Waals surface area contributed by atoms with Crippen LogP contribution < -0.4 is 9.80 Å². The van der Waals surface area contributed by atoms with Crippen LogP contribution in [0.25, 0.3) is 0 Å². The molecule has 0 heterocycles. The predicted molar refractivity (Wildman–Crippen MR) is 182 cm³/mol. The Morgan fingerprint density at radius 3 is 0.953 bits per heavy atom. The standard InChI is InChI=1S/C41H38N2/c1-41(2,35-23-27-39(28-24-35)42(37-19-11-5-12-20-37)31-33-15-7-3-8-16-33)36-25-29-40(30-26-36)43(38-21-13-6-14-22-38)32-34-17-9-4-10-18-34/h3-30H,31-32H2,1-2H3. The maximum Gasteiger partial charge on any atom is 0.0481 e. The topological polar surface area (TPSA) is 6.48 Å². The number of nitrogens with zero attached hydrogens (tertiary/aromatic N) is 2. The van der Waals surface area contributed by atoms with Crippen molar-refractivity contribution >= 4 is 22.7 Å². The molecule has 0 aliphatic rings. The third-order valence-corrected chi connectivity index (χ3v) is 8.30. The van der Waals surface area contributed by atoms with Gasteiger partial charge in [-0.25, -0.2) is 0 Å². The van der Waals surface area contributed by atoms with Crippen LogP contribution in [0, 0.1) is 0 Å². The summed E-state index contributed by atoms with van der Waals surface area (Å²) in [6.45, 7) is 6.26. The first kappa shape index (κ1) is 28.1. The van der Waals surface area contributed by atoms with E-state index in [2.05, 4.69) is 194 Å². The fourth-order valence-electron chi connectivity index (χ4n) is 5.69. The van der Waals surface area contributed by atoms with Crippen molar-refractivity contribution < 1.29 is 0 Å². The van der Waals surface area contributed by atoms with Crippen molar-refractivity contribution in [2.75, 3.05) is 9.80 Å². The molecule has 0 bridgehead atoms. The molecular weight excluding hydrogens is 520 g/mol. The van der Waals surface area contributed by atoms with E-state index in [0.29, 0.717) is 0 Å². The molecule has 0 N–H and O–H groups in total. The number of hydrogen-bond donors (Lipinski definition) is 0. The Morgan fingerprint density at radius 2 is 0.628 bits per heavy atom. The van der Waals surface area contributed by atoms with Crippen LogP contribution in [0.5, 0.6) is 0 Å². The molecule has 2 nitrogen and oxygen atoms in total. The van der Waals surface area contributed by atoms with Gasteiger partial charge in [0, 0.05) is 41.3 Å². The van der Waals surface area contributed by atoms with Crippen molar-refractivity contribution in [1.82, 2.24) is 0 Å². The lowest BCUT2D eigenvalue weighted by molar-refractivity contribution is 0.641. The van der Waals surface area contributed by atoms with E-state index in [0.717, 1.165) is 13.1 Å². The highest BCUT2D eigenvalue weighted by Gasteiger charge is 2.24. The highest BCUT2D eigenvalue weighted by Crippen LogP contribution is 2.36. The first-order valence-electron chi connectivity index (χ1n) is 15.0. The van der Waals surface area contributed by atoms with Gasteiger partial charge in [-0.1, -0.05) is 135 Å². The predicted octanol–water partition coefficient (Wildman–Crippen LogP) is 10.7. The molecular formula is C41H38N2. The van der Waals surface area contributed by atoms with E-state index in [1.165, 1.54) is 45.0 Å². The van der Waals surface area contributed by atoms with Gasteiger partial charge in [0.25, 0.3) is 0 Å². The quantitative estimate of drug-likeness (QED) is 0.165. The molecule has 0 atom stereocenters. The average molecular weight is 559 g/mol. The third kappa shape index (κ3) is 6.55. The lowest BCUT2D eigenvalue weighted by atomic mass is 9.78. The van der Waals surface area contributed by atoms with Gasteiger partial charge >= 0.3 is 0 Å². The molecule has 0 aromatic heterocycles. The minimum Gasteiger partial charge on any atom is -0.337 e. The molecule has 2 heteroatoms. The van der Waals surface area contributed by atoms with E-state index in [1.807, 2.05) is 0 Å². The lowest BCUT2D eigenvalue weighted by Gasteiger charge is -2.30. The highest BCUT2D eigenvalue weighted by molar-refractivity contribution is 5.66. The van der Waals surface area contributed by atoms with Gasteiger partial charge in [0.15, 0.2) is 0 Å². The molecule has 0 saturated carbocycles. The van der Waals surface area contributed by atoms with Gasteiger partial charge in [-0.2, -0.15) is 0 Å². The summed E-state index contributed by atoms with van der Waals surface area (Å²) in [5, 5.41) is 0. The summed E-state index contributed by atoms with van der Waals surface area (Å²) >= 11 is 0. The van der Waals surface area contributed by atoms with Crippen molar-refractivity contribution in [2.45, 2.75) is 32.4 Å². The summed E-state index contributed by atoms with van der Waals surface area (Å²) in [7, 11) is 0.